The second kappa shape index (κ2) is 9.09. The Hall–Kier alpha value is -2.52. The molecule has 3 atom stereocenters. The van der Waals surface area contributed by atoms with Crippen LogP contribution in [0.5, 0.6) is 0 Å². The highest BCUT2D eigenvalue weighted by Crippen LogP contribution is 2.48. The van der Waals surface area contributed by atoms with Gasteiger partial charge in [-0.3, -0.25) is 4.79 Å². The van der Waals surface area contributed by atoms with Crippen LogP contribution >= 0.6 is 11.6 Å². The minimum Gasteiger partial charge on any atom is -0.345 e. The molecule has 3 nitrogen and oxygen atoms in total. The molecule has 0 radical (unpaired) electrons. The van der Waals surface area contributed by atoms with Crippen LogP contribution in [0.2, 0.25) is 5.02 Å². The van der Waals surface area contributed by atoms with Crippen molar-refractivity contribution in [3.8, 4) is 0 Å². The Morgan fingerprint density at radius 2 is 1.83 bits per heavy atom. The molecule has 4 rings (SSSR count). The van der Waals surface area contributed by atoms with Gasteiger partial charge < -0.3 is 9.47 Å². The molecule has 2 aromatic carbocycles. The molecule has 1 aromatic heterocycles. The van der Waals surface area contributed by atoms with E-state index in [9.17, 15) is 4.79 Å². The zero-order valence-corrected chi connectivity index (χ0v) is 18.4. The molecule has 1 fully saturated rings. The van der Waals surface area contributed by atoms with Crippen LogP contribution in [0.1, 0.15) is 49.4 Å². The Morgan fingerprint density at radius 1 is 1.10 bits per heavy atom. The SMILES string of the molecule is CC[C@@H](C)N(Cc1cccn1Cc1ccccc1Cl)C(=O)[C@@H]1C[C@H]1c1ccccc1. The van der Waals surface area contributed by atoms with Crippen LogP contribution in [0.25, 0.3) is 0 Å². The largest absolute Gasteiger partial charge is 0.345 e. The minimum absolute atomic E-state index is 0.105. The van der Waals surface area contributed by atoms with Gasteiger partial charge in [0, 0.05) is 35.4 Å². The van der Waals surface area contributed by atoms with Gasteiger partial charge in [-0.2, -0.15) is 0 Å². The molecule has 0 bridgehead atoms. The van der Waals surface area contributed by atoms with Gasteiger partial charge in [0.1, 0.15) is 0 Å². The van der Waals surface area contributed by atoms with Gasteiger partial charge in [-0.15, -0.1) is 0 Å². The van der Waals surface area contributed by atoms with Gasteiger partial charge in [0.2, 0.25) is 5.91 Å². The van der Waals surface area contributed by atoms with Crippen LogP contribution in [0, 0.1) is 5.92 Å². The number of carbonyl (C=O) groups is 1. The van der Waals surface area contributed by atoms with E-state index < -0.39 is 0 Å². The van der Waals surface area contributed by atoms with Gasteiger partial charge in [0.05, 0.1) is 6.54 Å². The van der Waals surface area contributed by atoms with Gasteiger partial charge in [0.15, 0.2) is 0 Å². The van der Waals surface area contributed by atoms with E-state index in [0.29, 0.717) is 19.0 Å². The van der Waals surface area contributed by atoms with E-state index in [2.05, 4.69) is 72.0 Å². The summed E-state index contributed by atoms with van der Waals surface area (Å²) in [4.78, 5) is 15.5. The molecular weight excluding hydrogens is 392 g/mol. The maximum Gasteiger partial charge on any atom is 0.226 e. The lowest BCUT2D eigenvalue weighted by atomic mass is 10.1. The van der Waals surface area contributed by atoms with Crippen molar-refractivity contribution in [2.24, 2.45) is 5.92 Å². The van der Waals surface area contributed by atoms with E-state index in [1.807, 2.05) is 24.3 Å². The Labute approximate surface area is 184 Å². The van der Waals surface area contributed by atoms with Crippen LogP contribution in [0.3, 0.4) is 0 Å². The van der Waals surface area contributed by atoms with E-state index in [1.165, 1.54) is 5.56 Å². The summed E-state index contributed by atoms with van der Waals surface area (Å²) in [5.41, 5.74) is 3.51. The standard InChI is InChI=1S/C26H29ClN2O/c1-3-19(2)29(26(30)24-16-23(24)20-10-5-4-6-11-20)18-22-13-9-15-28(22)17-21-12-7-8-14-25(21)27/h4-15,19,23-24H,3,16-18H2,1-2H3/t19-,23+,24-/m1/s1. The highest BCUT2D eigenvalue weighted by Gasteiger charge is 2.46. The monoisotopic (exact) mass is 420 g/mol. The highest BCUT2D eigenvalue weighted by atomic mass is 35.5. The number of hydrogen-bond donors (Lipinski definition) is 0. The Balaban J connectivity index is 1.50. The normalized spacial score (nSPS) is 18.8. The first kappa shape index (κ1) is 20.7. The number of amides is 1. The van der Waals surface area contributed by atoms with Crippen LogP contribution < -0.4 is 0 Å². The molecular formula is C26H29ClN2O. The molecule has 156 valence electrons. The van der Waals surface area contributed by atoms with E-state index in [4.69, 9.17) is 11.6 Å². The molecule has 0 saturated heterocycles. The molecule has 0 unspecified atom stereocenters. The summed E-state index contributed by atoms with van der Waals surface area (Å²) < 4.78 is 2.20. The van der Waals surface area contributed by atoms with Crippen molar-refractivity contribution < 1.29 is 4.79 Å². The molecule has 1 amide bonds. The molecule has 0 aliphatic heterocycles. The lowest BCUT2D eigenvalue weighted by Crippen LogP contribution is -2.39. The number of rotatable bonds is 8. The minimum atomic E-state index is 0.105. The molecule has 3 aromatic rings. The second-order valence-electron chi connectivity index (χ2n) is 8.30. The average molecular weight is 421 g/mol. The van der Waals surface area contributed by atoms with Gasteiger partial charge in [0.25, 0.3) is 0 Å². The third kappa shape index (κ3) is 4.46. The summed E-state index contributed by atoms with van der Waals surface area (Å²) >= 11 is 6.37. The number of aromatic nitrogens is 1. The summed E-state index contributed by atoms with van der Waals surface area (Å²) in [6.45, 7) is 5.64. The molecule has 4 heteroatoms. The summed E-state index contributed by atoms with van der Waals surface area (Å²) in [5, 5.41) is 0.774. The van der Waals surface area contributed by atoms with E-state index in [1.54, 1.807) is 0 Å². The van der Waals surface area contributed by atoms with Crippen molar-refractivity contribution in [1.82, 2.24) is 9.47 Å². The van der Waals surface area contributed by atoms with E-state index in [-0.39, 0.29) is 17.9 Å². The average Bonchev–Trinajstić information content (AvgIpc) is 3.46. The van der Waals surface area contributed by atoms with Gasteiger partial charge in [-0.1, -0.05) is 67.1 Å². The molecule has 30 heavy (non-hydrogen) atoms. The maximum atomic E-state index is 13.4. The van der Waals surface area contributed by atoms with Crippen molar-refractivity contribution >= 4 is 17.5 Å². The first-order chi connectivity index (χ1) is 14.6. The number of carbonyl (C=O) groups excluding carboxylic acids is 1. The topological polar surface area (TPSA) is 25.2 Å². The van der Waals surface area contributed by atoms with E-state index in [0.717, 1.165) is 29.1 Å². The fourth-order valence-corrected chi connectivity index (χ4v) is 4.35. The summed E-state index contributed by atoms with van der Waals surface area (Å²) in [6, 6.07) is 22.7. The van der Waals surface area contributed by atoms with Crippen LogP contribution in [-0.2, 0) is 17.9 Å². The maximum absolute atomic E-state index is 13.4. The van der Waals surface area contributed by atoms with Crippen LogP contribution in [-0.4, -0.2) is 21.4 Å². The van der Waals surface area contributed by atoms with Gasteiger partial charge >= 0.3 is 0 Å². The molecule has 1 aliphatic carbocycles. The Morgan fingerprint density at radius 3 is 2.57 bits per heavy atom. The second-order valence-corrected chi connectivity index (χ2v) is 8.71. The van der Waals surface area contributed by atoms with E-state index >= 15 is 0 Å². The Bertz CT molecular complexity index is 997. The van der Waals surface area contributed by atoms with Gasteiger partial charge in [-0.25, -0.2) is 0 Å². The van der Waals surface area contributed by atoms with Crippen molar-refractivity contribution in [3.63, 3.8) is 0 Å². The smallest absolute Gasteiger partial charge is 0.226 e. The molecule has 1 saturated carbocycles. The van der Waals surface area contributed by atoms with Crippen molar-refractivity contribution in [2.75, 3.05) is 0 Å². The number of benzene rings is 2. The summed E-state index contributed by atoms with van der Waals surface area (Å²) in [6.07, 6.45) is 3.97. The number of halogens is 1. The first-order valence-electron chi connectivity index (χ1n) is 10.8. The Kier molecular flexibility index (Phi) is 6.29. The predicted octanol–water partition coefficient (Wildman–Crippen LogP) is 6.12. The summed E-state index contributed by atoms with van der Waals surface area (Å²) in [5.74, 6) is 0.747. The fraction of sp³-hybridized carbons (Fsp3) is 0.346. The zero-order valence-electron chi connectivity index (χ0n) is 17.7. The highest BCUT2D eigenvalue weighted by molar-refractivity contribution is 6.31. The predicted molar refractivity (Wildman–Crippen MR) is 123 cm³/mol. The molecule has 0 spiro atoms. The van der Waals surface area contributed by atoms with Crippen molar-refractivity contribution in [3.05, 3.63) is 94.8 Å². The lowest BCUT2D eigenvalue weighted by Gasteiger charge is -2.29. The third-order valence-corrected chi connectivity index (χ3v) is 6.66. The molecule has 1 aliphatic rings. The van der Waals surface area contributed by atoms with Gasteiger partial charge in [-0.05, 0) is 55.0 Å². The van der Waals surface area contributed by atoms with Crippen LogP contribution in [0.15, 0.2) is 72.9 Å². The van der Waals surface area contributed by atoms with Crippen molar-refractivity contribution in [1.29, 1.82) is 0 Å². The van der Waals surface area contributed by atoms with Crippen molar-refractivity contribution in [2.45, 2.75) is 51.7 Å². The quantitative estimate of drug-likeness (QED) is 0.431. The fourth-order valence-electron chi connectivity index (χ4n) is 4.15. The van der Waals surface area contributed by atoms with Crippen LogP contribution in [0.4, 0.5) is 0 Å². The summed E-state index contributed by atoms with van der Waals surface area (Å²) in [7, 11) is 0. The number of nitrogens with zero attached hydrogens (tertiary/aromatic N) is 2. The number of hydrogen-bond acceptors (Lipinski definition) is 1. The zero-order chi connectivity index (χ0) is 21.1. The first-order valence-corrected chi connectivity index (χ1v) is 11.2. The lowest BCUT2D eigenvalue weighted by molar-refractivity contribution is -0.135. The molecule has 1 heterocycles. The molecule has 0 N–H and O–H groups in total. The third-order valence-electron chi connectivity index (χ3n) is 6.30.